The molecule has 3 nitrogen and oxygen atoms in total. The molecule has 1 heterocycles. The number of hydrogen-bond donors (Lipinski definition) is 1. The Hall–Kier alpha value is -1.33. The number of thiophene rings is 1. The van der Waals surface area contributed by atoms with E-state index in [1.807, 2.05) is 12.3 Å². The molecule has 1 aromatic rings. The monoisotopic (exact) mass is 276 g/mol. The van der Waals surface area contributed by atoms with Crippen LogP contribution in [0, 0.1) is 29.1 Å². The minimum Gasteiger partial charge on any atom is -0.395 e. The molecule has 0 aliphatic carbocycles. The van der Waals surface area contributed by atoms with Gasteiger partial charge in [0.05, 0.1) is 18.6 Å². The largest absolute Gasteiger partial charge is 0.395 e. The van der Waals surface area contributed by atoms with Gasteiger partial charge in [0.2, 0.25) is 0 Å². The first-order valence-electron chi connectivity index (χ1n) is 6.48. The van der Waals surface area contributed by atoms with Crippen molar-refractivity contribution in [3.63, 3.8) is 0 Å². The Bertz CT molecular complexity index is 478. The summed E-state index contributed by atoms with van der Waals surface area (Å²) in [4.78, 5) is 3.53. The first kappa shape index (κ1) is 15.7. The first-order valence-corrected chi connectivity index (χ1v) is 7.36. The van der Waals surface area contributed by atoms with Crippen LogP contribution in [0.25, 0.3) is 0 Å². The number of aliphatic hydroxyl groups is 1. The molecule has 19 heavy (non-hydrogen) atoms. The van der Waals surface area contributed by atoms with Crippen LogP contribution >= 0.6 is 11.3 Å². The van der Waals surface area contributed by atoms with E-state index in [2.05, 4.69) is 35.8 Å². The highest BCUT2D eigenvalue weighted by Gasteiger charge is 2.09. The topological polar surface area (TPSA) is 47.3 Å². The van der Waals surface area contributed by atoms with Crippen molar-refractivity contribution < 1.29 is 5.11 Å². The Morgan fingerprint density at radius 3 is 2.95 bits per heavy atom. The number of aliphatic hydroxyl groups excluding tert-OH is 1. The van der Waals surface area contributed by atoms with Crippen LogP contribution < -0.4 is 0 Å². The summed E-state index contributed by atoms with van der Waals surface area (Å²) in [6, 6.07) is 4.36. The zero-order chi connectivity index (χ0) is 14.1. The van der Waals surface area contributed by atoms with Crippen LogP contribution in [0.2, 0.25) is 0 Å². The molecule has 1 N–H and O–H groups in total. The molecule has 4 heteroatoms. The molecule has 0 aromatic carbocycles. The lowest BCUT2D eigenvalue weighted by atomic mass is 10.2. The van der Waals surface area contributed by atoms with Gasteiger partial charge in [-0.25, -0.2) is 0 Å². The van der Waals surface area contributed by atoms with Gasteiger partial charge in [-0.05, 0) is 19.5 Å². The molecule has 0 aliphatic heterocycles. The lowest BCUT2D eigenvalue weighted by Crippen LogP contribution is -2.27. The third-order valence-electron chi connectivity index (χ3n) is 2.70. The summed E-state index contributed by atoms with van der Waals surface area (Å²) in [5.74, 6) is 6.02. The third-order valence-corrected chi connectivity index (χ3v) is 3.62. The van der Waals surface area contributed by atoms with E-state index >= 15 is 0 Å². The number of nitriles is 1. The van der Waals surface area contributed by atoms with E-state index in [4.69, 9.17) is 10.4 Å². The molecule has 1 aromatic heterocycles. The van der Waals surface area contributed by atoms with Crippen molar-refractivity contribution >= 4 is 11.3 Å². The molecule has 0 saturated heterocycles. The highest BCUT2D eigenvalue weighted by molar-refractivity contribution is 7.10. The lowest BCUT2D eigenvalue weighted by Gasteiger charge is -2.20. The molecule has 0 spiro atoms. The fourth-order valence-electron chi connectivity index (χ4n) is 1.70. The van der Waals surface area contributed by atoms with Crippen LogP contribution in [0.15, 0.2) is 11.4 Å². The Morgan fingerprint density at radius 2 is 2.32 bits per heavy atom. The summed E-state index contributed by atoms with van der Waals surface area (Å²) < 4.78 is 0. The maximum atomic E-state index is 8.86. The maximum Gasteiger partial charge on any atom is 0.0666 e. The van der Waals surface area contributed by atoms with Crippen molar-refractivity contribution in [1.29, 1.82) is 5.26 Å². The van der Waals surface area contributed by atoms with Crippen LogP contribution in [0.4, 0.5) is 0 Å². The van der Waals surface area contributed by atoms with E-state index in [0.29, 0.717) is 6.42 Å². The van der Waals surface area contributed by atoms with Crippen LogP contribution in [-0.2, 0) is 6.54 Å². The molecule has 1 rings (SSSR count). The van der Waals surface area contributed by atoms with Gasteiger partial charge in [-0.15, -0.1) is 11.3 Å². The van der Waals surface area contributed by atoms with Gasteiger partial charge in [0, 0.05) is 35.3 Å². The van der Waals surface area contributed by atoms with Gasteiger partial charge in [-0.3, -0.25) is 4.90 Å². The minimum absolute atomic E-state index is 0.0590. The van der Waals surface area contributed by atoms with Crippen LogP contribution in [0.1, 0.15) is 30.7 Å². The maximum absolute atomic E-state index is 8.86. The highest BCUT2D eigenvalue weighted by atomic mass is 32.1. The second-order valence-corrected chi connectivity index (χ2v) is 5.43. The van der Waals surface area contributed by atoms with E-state index in [-0.39, 0.29) is 12.5 Å². The SMILES string of the molecule is CCN(Cc1cc(C#CCCO)cs1)CC(C)C#N. The van der Waals surface area contributed by atoms with Gasteiger partial charge < -0.3 is 5.11 Å². The Morgan fingerprint density at radius 1 is 1.53 bits per heavy atom. The fraction of sp³-hybridized carbons (Fsp3) is 0.533. The smallest absolute Gasteiger partial charge is 0.0666 e. The molecule has 1 unspecified atom stereocenters. The molecular weight excluding hydrogens is 256 g/mol. The third kappa shape index (κ3) is 5.89. The van der Waals surface area contributed by atoms with Gasteiger partial charge in [-0.1, -0.05) is 18.8 Å². The molecule has 0 bridgehead atoms. The van der Waals surface area contributed by atoms with E-state index in [1.165, 1.54) is 4.88 Å². The zero-order valence-electron chi connectivity index (χ0n) is 11.5. The fourth-order valence-corrected chi connectivity index (χ4v) is 2.56. The summed E-state index contributed by atoms with van der Waals surface area (Å²) in [5.41, 5.74) is 1.01. The van der Waals surface area contributed by atoms with Crippen molar-refractivity contribution in [2.75, 3.05) is 19.7 Å². The summed E-state index contributed by atoms with van der Waals surface area (Å²) in [5, 5.41) is 19.6. The highest BCUT2D eigenvalue weighted by Crippen LogP contribution is 2.16. The van der Waals surface area contributed by atoms with Crippen molar-refractivity contribution in [2.45, 2.75) is 26.8 Å². The van der Waals surface area contributed by atoms with Gasteiger partial charge in [0.25, 0.3) is 0 Å². The van der Waals surface area contributed by atoms with Crippen LogP contribution in [0.5, 0.6) is 0 Å². The van der Waals surface area contributed by atoms with Gasteiger partial charge in [-0.2, -0.15) is 5.26 Å². The molecule has 0 amide bonds. The van der Waals surface area contributed by atoms with E-state index in [9.17, 15) is 0 Å². The van der Waals surface area contributed by atoms with Gasteiger partial charge >= 0.3 is 0 Å². The summed E-state index contributed by atoms with van der Waals surface area (Å²) in [7, 11) is 0. The van der Waals surface area contributed by atoms with Gasteiger partial charge in [0.1, 0.15) is 0 Å². The lowest BCUT2D eigenvalue weighted by molar-refractivity contribution is 0.262. The molecule has 0 aliphatic rings. The molecule has 102 valence electrons. The second kappa shape index (κ2) is 8.72. The first-order chi connectivity index (χ1) is 9.19. The average Bonchev–Trinajstić information content (AvgIpc) is 2.85. The number of hydrogen-bond acceptors (Lipinski definition) is 4. The normalized spacial score (nSPS) is 11.7. The molecule has 1 atom stereocenters. The van der Waals surface area contributed by atoms with Crippen LogP contribution in [-0.4, -0.2) is 29.7 Å². The zero-order valence-corrected chi connectivity index (χ0v) is 12.3. The molecule has 0 fully saturated rings. The van der Waals surface area contributed by atoms with Crippen molar-refractivity contribution in [2.24, 2.45) is 5.92 Å². The predicted octanol–water partition coefficient (Wildman–Crippen LogP) is 2.46. The van der Waals surface area contributed by atoms with Crippen molar-refractivity contribution in [3.8, 4) is 17.9 Å². The summed E-state index contributed by atoms with van der Waals surface area (Å²) in [6.45, 7) is 6.78. The van der Waals surface area contributed by atoms with E-state index in [0.717, 1.165) is 25.2 Å². The number of rotatable bonds is 6. The van der Waals surface area contributed by atoms with Crippen LogP contribution in [0.3, 0.4) is 0 Å². The summed E-state index contributed by atoms with van der Waals surface area (Å²) >= 11 is 1.70. The van der Waals surface area contributed by atoms with Crippen molar-refractivity contribution in [3.05, 3.63) is 21.9 Å². The average molecular weight is 276 g/mol. The molecule has 0 radical (unpaired) electrons. The van der Waals surface area contributed by atoms with Gasteiger partial charge in [0.15, 0.2) is 0 Å². The molecule has 0 saturated carbocycles. The quantitative estimate of drug-likeness (QED) is 0.812. The Kier molecular flexibility index (Phi) is 7.22. The second-order valence-electron chi connectivity index (χ2n) is 4.43. The minimum atomic E-state index is 0.0590. The Labute approximate surface area is 119 Å². The standard InChI is InChI=1S/C15H20N2OS/c1-3-17(10-13(2)9-16)11-15-8-14(12-19-15)6-4-5-7-18/h8,12-13,18H,3,5,7,10-11H2,1-2H3. The predicted molar refractivity (Wildman–Crippen MR) is 78.6 cm³/mol. The molecular formula is C15H20N2OS. The van der Waals surface area contributed by atoms with E-state index in [1.54, 1.807) is 11.3 Å². The van der Waals surface area contributed by atoms with Crippen molar-refractivity contribution in [1.82, 2.24) is 4.90 Å². The summed E-state index contributed by atoms with van der Waals surface area (Å²) in [6.07, 6.45) is 0.520. The Balaban J connectivity index is 2.57. The number of nitrogens with zero attached hydrogens (tertiary/aromatic N) is 2. The van der Waals surface area contributed by atoms with E-state index < -0.39 is 0 Å².